The largest absolute Gasteiger partial charge is 0.370 e. The lowest BCUT2D eigenvalue weighted by Crippen LogP contribution is -2.60. The predicted molar refractivity (Wildman–Crippen MR) is 131 cm³/mol. The molecule has 0 aromatic rings. The van der Waals surface area contributed by atoms with Crippen LogP contribution in [0.15, 0.2) is 0 Å². The summed E-state index contributed by atoms with van der Waals surface area (Å²) in [6.45, 7) is 9.32. The number of carbonyl (C=O) groups is 1. The smallest absolute Gasteiger partial charge is 0.226 e. The van der Waals surface area contributed by atoms with Crippen LogP contribution in [0, 0.1) is 0 Å². The number of ether oxygens (including phenoxy) is 1. The van der Waals surface area contributed by atoms with Gasteiger partial charge in [0, 0.05) is 13.0 Å². The Labute approximate surface area is 193 Å². The monoisotopic (exact) mass is 437 g/mol. The molecule has 0 atom stereocenters. The van der Waals surface area contributed by atoms with Crippen molar-refractivity contribution < 1.29 is 14.0 Å². The molecule has 0 aromatic carbocycles. The Kier molecular flexibility index (Phi) is 14.6. The Morgan fingerprint density at radius 2 is 1.23 bits per heavy atom. The number of hydrogen-bond acceptors (Lipinski definition) is 2. The van der Waals surface area contributed by atoms with Crippen LogP contribution in [0.2, 0.25) is 0 Å². The molecule has 2 heterocycles. The van der Waals surface area contributed by atoms with Crippen molar-refractivity contribution in [1.82, 2.24) is 4.90 Å². The molecule has 0 bridgehead atoms. The molecule has 0 saturated carbocycles. The third kappa shape index (κ3) is 11.7. The summed E-state index contributed by atoms with van der Waals surface area (Å²) < 4.78 is 6.72. The Balaban J connectivity index is 1.41. The molecule has 0 N–H and O–H groups in total. The van der Waals surface area contributed by atoms with Crippen LogP contribution in [-0.4, -0.2) is 61.4 Å². The summed E-state index contributed by atoms with van der Waals surface area (Å²) in [5.41, 5.74) is 0. The van der Waals surface area contributed by atoms with E-state index < -0.39 is 0 Å². The number of nitrogens with zero attached hydrogens (tertiary/aromatic N) is 2. The van der Waals surface area contributed by atoms with E-state index in [1.807, 2.05) is 0 Å². The second kappa shape index (κ2) is 16.9. The summed E-state index contributed by atoms with van der Waals surface area (Å²) in [7, 11) is 0. The van der Waals surface area contributed by atoms with Crippen molar-refractivity contribution in [3.05, 3.63) is 0 Å². The number of rotatable bonds is 19. The van der Waals surface area contributed by atoms with Gasteiger partial charge in [0.15, 0.2) is 6.67 Å². The van der Waals surface area contributed by atoms with Gasteiger partial charge in [0.2, 0.25) is 5.91 Å². The van der Waals surface area contributed by atoms with Gasteiger partial charge >= 0.3 is 0 Å². The number of quaternary nitrogens is 1. The van der Waals surface area contributed by atoms with Crippen molar-refractivity contribution in [2.45, 2.75) is 122 Å². The second-order valence-corrected chi connectivity index (χ2v) is 10.3. The van der Waals surface area contributed by atoms with Crippen molar-refractivity contribution in [2.75, 3.05) is 46.1 Å². The van der Waals surface area contributed by atoms with E-state index in [-0.39, 0.29) is 0 Å². The number of hydrogen-bond donors (Lipinski definition) is 0. The van der Waals surface area contributed by atoms with Crippen molar-refractivity contribution in [3.63, 3.8) is 0 Å². The van der Waals surface area contributed by atoms with Crippen LogP contribution in [0.4, 0.5) is 0 Å². The third-order valence-electron chi connectivity index (χ3n) is 7.55. The lowest BCUT2D eigenvalue weighted by Gasteiger charge is -2.43. The molecule has 1 amide bonds. The lowest BCUT2D eigenvalue weighted by molar-refractivity contribution is -0.942. The maximum absolute atomic E-state index is 12.1. The fourth-order valence-corrected chi connectivity index (χ4v) is 5.38. The van der Waals surface area contributed by atoms with Gasteiger partial charge in [0.05, 0.1) is 19.8 Å². The standard InChI is InChI=1S/C27H53N2O2/c1-2-3-4-5-6-7-8-9-10-11-12-13-14-15-16-17-21-29(22-24-31-25-23-29)26-28-20-18-19-27(28)30/h2-26H2,1H3/q+1. The molecule has 31 heavy (non-hydrogen) atoms. The second-order valence-electron chi connectivity index (χ2n) is 10.3. The number of unbranched alkanes of at least 4 members (excludes halogenated alkanes) is 15. The minimum Gasteiger partial charge on any atom is -0.370 e. The highest BCUT2D eigenvalue weighted by molar-refractivity contribution is 5.77. The topological polar surface area (TPSA) is 29.5 Å². The average Bonchev–Trinajstić information content (AvgIpc) is 3.18. The van der Waals surface area contributed by atoms with Crippen LogP contribution in [0.3, 0.4) is 0 Å². The first-order valence-electron chi connectivity index (χ1n) is 14.0. The number of carbonyl (C=O) groups excluding carboxylic acids is 1. The van der Waals surface area contributed by atoms with Gasteiger partial charge < -0.3 is 9.22 Å². The predicted octanol–water partition coefficient (Wildman–Crippen LogP) is 6.67. The number of amides is 1. The highest BCUT2D eigenvalue weighted by Gasteiger charge is 2.35. The molecule has 0 unspecified atom stereocenters. The molecule has 2 aliphatic heterocycles. The van der Waals surface area contributed by atoms with Gasteiger partial charge in [-0.3, -0.25) is 9.69 Å². The van der Waals surface area contributed by atoms with Gasteiger partial charge in [-0.25, -0.2) is 0 Å². The van der Waals surface area contributed by atoms with Gasteiger partial charge in [-0.05, 0) is 19.3 Å². The molecule has 0 spiro atoms. The molecule has 4 heteroatoms. The summed E-state index contributed by atoms with van der Waals surface area (Å²) in [5, 5.41) is 0. The summed E-state index contributed by atoms with van der Waals surface area (Å²) in [4.78, 5) is 14.2. The van der Waals surface area contributed by atoms with Crippen molar-refractivity contribution in [2.24, 2.45) is 0 Å². The zero-order valence-electron chi connectivity index (χ0n) is 20.9. The molecule has 0 radical (unpaired) electrons. The van der Waals surface area contributed by atoms with E-state index in [0.717, 1.165) is 56.8 Å². The van der Waals surface area contributed by atoms with Gasteiger partial charge in [-0.15, -0.1) is 0 Å². The van der Waals surface area contributed by atoms with Gasteiger partial charge in [-0.2, -0.15) is 0 Å². The fraction of sp³-hybridized carbons (Fsp3) is 0.963. The van der Waals surface area contributed by atoms with E-state index >= 15 is 0 Å². The van der Waals surface area contributed by atoms with Crippen LogP contribution >= 0.6 is 0 Å². The Morgan fingerprint density at radius 3 is 1.68 bits per heavy atom. The molecule has 4 nitrogen and oxygen atoms in total. The van der Waals surface area contributed by atoms with Crippen LogP contribution in [0.1, 0.15) is 122 Å². The van der Waals surface area contributed by atoms with Crippen LogP contribution in [-0.2, 0) is 9.53 Å². The molecule has 2 aliphatic rings. The Hall–Kier alpha value is -0.610. The average molecular weight is 438 g/mol. The minimum atomic E-state index is 0.371. The van der Waals surface area contributed by atoms with Crippen molar-refractivity contribution >= 4 is 5.91 Å². The first-order valence-corrected chi connectivity index (χ1v) is 14.0. The van der Waals surface area contributed by atoms with E-state index in [9.17, 15) is 4.79 Å². The first kappa shape index (κ1) is 26.6. The normalized spacial score (nSPS) is 18.7. The van der Waals surface area contributed by atoms with Gasteiger partial charge in [0.1, 0.15) is 13.1 Å². The van der Waals surface area contributed by atoms with Gasteiger partial charge in [-0.1, -0.05) is 96.8 Å². The van der Waals surface area contributed by atoms with E-state index in [1.165, 1.54) is 109 Å². The third-order valence-corrected chi connectivity index (χ3v) is 7.55. The molecular weight excluding hydrogens is 384 g/mol. The number of likely N-dealkylation sites (tertiary alicyclic amines) is 1. The molecule has 2 fully saturated rings. The van der Waals surface area contributed by atoms with E-state index in [1.54, 1.807) is 0 Å². The maximum Gasteiger partial charge on any atom is 0.226 e. The molecule has 2 saturated heterocycles. The molecular formula is C27H53N2O2+. The first-order chi connectivity index (χ1) is 15.3. The lowest BCUT2D eigenvalue weighted by atomic mass is 10.0. The molecule has 0 aromatic heterocycles. The summed E-state index contributed by atoms with van der Waals surface area (Å²) in [5.74, 6) is 0.371. The zero-order chi connectivity index (χ0) is 22.0. The molecule has 0 aliphatic carbocycles. The van der Waals surface area contributed by atoms with Gasteiger partial charge in [0.25, 0.3) is 0 Å². The summed E-state index contributed by atoms with van der Waals surface area (Å²) in [6, 6.07) is 0. The van der Waals surface area contributed by atoms with E-state index in [0.29, 0.717) is 5.91 Å². The molecule has 2 rings (SSSR count). The fourth-order valence-electron chi connectivity index (χ4n) is 5.38. The highest BCUT2D eigenvalue weighted by atomic mass is 16.5. The Morgan fingerprint density at radius 1 is 0.742 bits per heavy atom. The van der Waals surface area contributed by atoms with Crippen molar-refractivity contribution in [1.29, 1.82) is 0 Å². The van der Waals surface area contributed by atoms with Crippen molar-refractivity contribution in [3.8, 4) is 0 Å². The highest BCUT2D eigenvalue weighted by Crippen LogP contribution is 2.20. The maximum atomic E-state index is 12.1. The Bertz CT molecular complexity index is 449. The van der Waals surface area contributed by atoms with Crippen LogP contribution < -0.4 is 0 Å². The summed E-state index contributed by atoms with van der Waals surface area (Å²) in [6.07, 6.45) is 24.5. The van der Waals surface area contributed by atoms with E-state index in [2.05, 4.69) is 11.8 Å². The van der Waals surface area contributed by atoms with Crippen LogP contribution in [0.25, 0.3) is 0 Å². The zero-order valence-corrected chi connectivity index (χ0v) is 20.9. The van der Waals surface area contributed by atoms with E-state index in [4.69, 9.17) is 4.74 Å². The molecule has 182 valence electrons. The quantitative estimate of drug-likeness (QED) is 0.167. The summed E-state index contributed by atoms with van der Waals surface area (Å²) >= 11 is 0. The number of morpholine rings is 1. The van der Waals surface area contributed by atoms with Crippen LogP contribution in [0.5, 0.6) is 0 Å². The minimum absolute atomic E-state index is 0.371. The SMILES string of the molecule is CCCCCCCCCCCCCCCCCC[N+]1(CN2CCCC2=O)CCOCC1.